The van der Waals surface area contributed by atoms with Crippen molar-refractivity contribution < 1.29 is 27.0 Å². The Balaban J connectivity index is 1.38. The summed E-state index contributed by atoms with van der Waals surface area (Å²) in [5.41, 5.74) is -0.352. The van der Waals surface area contributed by atoms with E-state index in [1.807, 2.05) is 0 Å². The largest absolute Gasteiger partial charge is 0.479 e. The van der Waals surface area contributed by atoms with Gasteiger partial charge >= 0.3 is 0 Å². The van der Waals surface area contributed by atoms with Gasteiger partial charge in [0.2, 0.25) is 11.8 Å². The van der Waals surface area contributed by atoms with E-state index in [2.05, 4.69) is 20.4 Å². The second-order valence-corrected chi connectivity index (χ2v) is 9.26. The number of nitrogens with one attached hydrogen (secondary N) is 1. The summed E-state index contributed by atoms with van der Waals surface area (Å²) in [7, 11) is 1.39. The van der Waals surface area contributed by atoms with Crippen LogP contribution in [0.1, 0.15) is 37.8 Å². The zero-order valence-corrected chi connectivity index (χ0v) is 18.8. The van der Waals surface area contributed by atoms with Gasteiger partial charge in [-0.05, 0) is 31.7 Å². The van der Waals surface area contributed by atoms with E-state index in [0.717, 1.165) is 61.8 Å². The number of hydrogen-bond donors (Lipinski definition) is 1. The number of pyridine rings is 1. The number of anilines is 1. The molecule has 2 aliphatic rings. The van der Waals surface area contributed by atoms with E-state index in [1.54, 1.807) is 0 Å². The van der Waals surface area contributed by atoms with Gasteiger partial charge < -0.3 is 14.8 Å². The maximum Gasteiger partial charge on any atom is 0.280 e. The van der Waals surface area contributed by atoms with Crippen LogP contribution in [0.15, 0.2) is 24.7 Å². The number of methoxy groups -OCH3 is 1. The van der Waals surface area contributed by atoms with Gasteiger partial charge in [-0.2, -0.15) is 4.98 Å². The first-order chi connectivity index (χ1) is 16.9. The highest BCUT2D eigenvalue weighted by Gasteiger charge is 2.41. The molecule has 0 amide bonds. The molecule has 0 atom stereocenters. The van der Waals surface area contributed by atoms with Gasteiger partial charge in [0.15, 0.2) is 17.3 Å². The Morgan fingerprint density at radius 1 is 1.17 bits per heavy atom. The van der Waals surface area contributed by atoms with Crippen molar-refractivity contribution >= 4 is 17.1 Å². The Labute approximate surface area is 196 Å². The lowest BCUT2D eigenvalue weighted by Crippen LogP contribution is -2.47. The van der Waals surface area contributed by atoms with E-state index in [9.17, 15) is 13.2 Å². The minimum Gasteiger partial charge on any atom is -0.479 e. The molecule has 2 fully saturated rings. The van der Waals surface area contributed by atoms with Crippen LogP contribution in [0.5, 0.6) is 5.88 Å². The summed E-state index contributed by atoms with van der Waals surface area (Å²) in [6, 6.07) is 1.21. The zero-order chi connectivity index (χ0) is 24.3. The van der Waals surface area contributed by atoms with Gasteiger partial charge in [0, 0.05) is 23.2 Å². The molecule has 1 spiro atoms. The second-order valence-electron chi connectivity index (χ2n) is 9.26. The monoisotopic (exact) mass is 490 g/mol. The molecule has 0 aromatic carbocycles. The van der Waals surface area contributed by atoms with E-state index in [1.165, 1.54) is 17.8 Å². The number of fused-ring (bicyclic) bond motifs is 2. The molecule has 0 bridgehead atoms. The number of ether oxygens (including phenoxy) is 2. The van der Waals surface area contributed by atoms with E-state index in [0.29, 0.717) is 5.41 Å². The van der Waals surface area contributed by atoms with Crippen molar-refractivity contribution in [1.82, 2.24) is 24.0 Å². The van der Waals surface area contributed by atoms with Crippen LogP contribution in [0.2, 0.25) is 0 Å². The van der Waals surface area contributed by atoms with Crippen LogP contribution in [0.3, 0.4) is 0 Å². The predicted molar refractivity (Wildman–Crippen MR) is 118 cm³/mol. The average molecular weight is 490 g/mol. The lowest BCUT2D eigenvalue weighted by atomic mass is 9.71. The SMILES string of the molecule is COc1nc(NC2CCC3(CC2)COC3)nn2cc(F)c(-c3cc(F)c4ncc(C(F)F)n4c3)c12. The van der Waals surface area contributed by atoms with Crippen molar-refractivity contribution in [3.63, 3.8) is 0 Å². The van der Waals surface area contributed by atoms with E-state index >= 15 is 4.39 Å². The van der Waals surface area contributed by atoms with Crippen LogP contribution in [0.4, 0.5) is 23.5 Å². The number of rotatable bonds is 5. The summed E-state index contributed by atoms with van der Waals surface area (Å²) in [6.45, 7) is 1.62. The van der Waals surface area contributed by atoms with Crippen molar-refractivity contribution in [1.29, 1.82) is 0 Å². The van der Waals surface area contributed by atoms with Crippen molar-refractivity contribution in [3.05, 3.63) is 42.0 Å². The molecule has 0 radical (unpaired) electrons. The quantitative estimate of drug-likeness (QED) is 0.411. The summed E-state index contributed by atoms with van der Waals surface area (Å²) < 4.78 is 69.6. The van der Waals surface area contributed by atoms with Crippen LogP contribution in [-0.2, 0) is 4.74 Å². The van der Waals surface area contributed by atoms with Crippen molar-refractivity contribution in [3.8, 4) is 17.0 Å². The van der Waals surface area contributed by atoms with Crippen molar-refractivity contribution in [2.24, 2.45) is 5.41 Å². The molecular formula is C23H22F4N6O2. The van der Waals surface area contributed by atoms with Crippen LogP contribution >= 0.6 is 0 Å². The maximum absolute atomic E-state index is 15.2. The third kappa shape index (κ3) is 3.58. The Morgan fingerprint density at radius 2 is 1.94 bits per heavy atom. The lowest BCUT2D eigenvalue weighted by molar-refractivity contribution is -0.131. The molecule has 184 valence electrons. The van der Waals surface area contributed by atoms with E-state index in [4.69, 9.17) is 9.47 Å². The van der Waals surface area contributed by atoms with Crippen molar-refractivity contribution in [2.45, 2.75) is 38.2 Å². The lowest BCUT2D eigenvalue weighted by Gasteiger charge is -2.46. The topological polar surface area (TPSA) is 78.0 Å². The third-order valence-corrected chi connectivity index (χ3v) is 7.04. The third-order valence-electron chi connectivity index (χ3n) is 7.04. The molecule has 1 saturated carbocycles. The second kappa shape index (κ2) is 8.08. The van der Waals surface area contributed by atoms with Crippen LogP contribution in [0.25, 0.3) is 22.3 Å². The van der Waals surface area contributed by atoms with E-state index in [-0.39, 0.29) is 40.2 Å². The molecule has 4 aromatic rings. The van der Waals surface area contributed by atoms with E-state index < -0.39 is 23.8 Å². The van der Waals surface area contributed by atoms with Gasteiger partial charge in [-0.3, -0.25) is 4.40 Å². The standard InChI is InChI=1S/C23H22F4N6O2/c1-34-21-18-17(12-6-14(24)20-28-7-16(19(26)27)32(20)8-12)15(25)9-33(18)31-22(30-21)29-13-2-4-23(5-3-13)10-35-11-23/h6-9,13,19H,2-5,10-11H2,1H3,(H,29,31). The van der Waals surface area contributed by atoms with Gasteiger partial charge in [-0.15, -0.1) is 5.10 Å². The minimum absolute atomic E-state index is 0.0257. The molecule has 8 nitrogen and oxygen atoms in total. The van der Waals surface area contributed by atoms with Gasteiger partial charge in [0.1, 0.15) is 11.2 Å². The maximum atomic E-state index is 15.2. The number of imidazole rings is 1. The smallest absolute Gasteiger partial charge is 0.280 e. The molecule has 35 heavy (non-hydrogen) atoms. The Hall–Kier alpha value is -3.41. The van der Waals surface area contributed by atoms with Crippen LogP contribution in [0, 0.1) is 17.0 Å². The Kier molecular flexibility index (Phi) is 5.09. The number of halogens is 4. The molecule has 0 unspecified atom stereocenters. The zero-order valence-electron chi connectivity index (χ0n) is 18.8. The number of hydrogen-bond acceptors (Lipinski definition) is 6. The van der Waals surface area contributed by atoms with Gasteiger partial charge in [0.25, 0.3) is 6.43 Å². The molecule has 4 aromatic heterocycles. The summed E-state index contributed by atoms with van der Waals surface area (Å²) in [5.74, 6) is -1.24. The molecule has 1 saturated heterocycles. The van der Waals surface area contributed by atoms with Crippen LogP contribution < -0.4 is 10.1 Å². The number of nitrogens with zero attached hydrogens (tertiary/aromatic N) is 5. The molecule has 5 heterocycles. The molecule has 1 N–H and O–H groups in total. The van der Waals surface area contributed by atoms with Crippen molar-refractivity contribution in [2.75, 3.05) is 25.6 Å². The van der Waals surface area contributed by atoms with Gasteiger partial charge in [-0.1, -0.05) is 0 Å². The highest BCUT2D eigenvalue weighted by atomic mass is 19.3. The first kappa shape index (κ1) is 22.1. The normalized spacial score (nSPS) is 18.0. The Morgan fingerprint density at radius 3 is 2.60 bits per heavy atom. The van der Waals surface area contributed by atoms with Gasteiger partial charge in [-0.25, -0.2) is 27.1 Å². The summed E-state index contributed by atoms with van der Waals surface area (Å²) in [4.78, 5) is 8.12. The summed E-state index contributed by atoms with van der Waals surface area (Å²) in [5, 5.41) is 7.70. The first-order valence-corrected chi connectivity index (χ1v) is 11.3. The summed E-state index contributed by atoms with van der Waals surface area (Å²) >= 11 is 0. The number of alkyl halides is 2. The highest BCUT2D eigenvalue weighted by molar-refractivity contribution is 5.85. The molecule has 1 aliphatic heterocycles. The van der Waals surface area contributed by atoms with Crippen LogP contribution in [-0.4, -0.2) is 50.3 Å². The molecule has 12 heteroatoms. The minimum atomic E-state index is -2.88. The average Bonchev–Trinajstić information content (AvgIpc) is 3.39. The molecular weight excluding hydrogens is 468 g/mol. The highest BCUT2D eigenvalue weighted by Crippen LogP contribution is 2.43. The Bertz CT molecular complexity index is 1420. The first-order valence-electron chi connectivity index (χ1n) is 11.3. The molecule has 1 aliphatic carbocycles. The fraction of sp³-hybridized carbons (Fsp3) is 0.435. The molecule has 6 rings (SSSR count). The van der Waals surface area contributed by atoms with Gasteiger partial charge in [0.05, 0.1) is 38.3 Å². The number of aromatic nitrogens is 5. The summed E-state index contributed by atoms with van der Waals surface area (Å²) in [6.07, 6.45) is 4.35. The fourth-order valence-corrected chi connectivity index (χ4v) is 5.10. The fourth-order valence-electron chi connectivity index (χ4n) is 5.10. The predicted octanol–water partition coefficient (Wildman–Crippen LogP) is 4.64.